The van der Waals surface area contributed by atoms with Crippen molar-refractivity contribution >= 4 is 58.5 Å². The van der Waals surface area contributed by atoms with Gasteiger partial charge in [0.05, 0.1) is 188 Å². The minimum Gasteiger partial charge on any atom is -0.486 e. The summed E-state index contributed by atoms with van der Waals surface area (Å²) in [5.41, 5.74) is 10.9. The first-order valence-electron chi connectivity index (χ1n) is 48.3. The normalized spacial score (nSPS) is 27.6. The van der Waals surface area contributed by atoms with Crippen LogP contribution in [0, 0.1) is 46.3 Å². The molecule has 0 bridgehead atoms. The Morgan fingerprint density at radius 3 is 1.95 bits per heavy atom. The molecule has 6 amide bonds. The summed E-state index contributed by atoms with van der Waals surface area (Å²) < 4.78 is 112. The van der Waals surface area contributed by atoms with E-state index in [1.54, 1.807) is 52.0 Å². The van der Waals surface area contributed by atoms with Gasteiger partial charge < -0.3 is 114 Å². The van der Waals surface area contributed by atoms with Crippen LogP contribution in [0.4, 0.5) is 14.5 Å². The molecule has 4 saturated carbocycles. The number of nitrogens with zero attached hydrogens (tertiary/aromatic N) is 3. The summed E-state index contributed by atoms with van der Waals surface area (Å²) in [6, 6.07) is 4.09. The number of ketones is 3. The molecule has 3 aliphatic heterocycles. The number of likely N-dealkylation sites (N-methyl/N-ethyl adjacent to an activating group) is 1. The summed E-state index contributed by atoms with van der Waals surface area (Å²) in [4.78, 5) is 122. The Balaban J connectivity index is 0.596. The Morgan fingerprint density at radius 1 is 0.662 bits per heavy atom. The quantitative estimate of drug-likeness (QED) is 0.0287. The Bertz CT molecular complexity index is 4140. The number of quaternary nitrogens is 1. The van der Waals surface area contributed by atoms with E-state index in [-0.39, 0.29) is 126 Å². The molecule has 11 N–H and O–H groups in total. The van der Waals surface area contributed by atoms with E-state index in [4.69, 9.17) is 61.6 Å². The second kappa shape index (κ2) is 51.1. The zero-order valence-corrected chi connectivity index (χ0v) is 79.8. The molecule has 0 radical (unpaired) electrons. The first-order valence-corrected chi connectivity index (χ1v) is 48.3. The number of anilines is 1. The van der Waals surface area contributed by atoms with Crippen molar-refractivity contribution in [2.75, 3.05) is 192 Å². The van der Waals surface area contributed by atoms with Crippen LogP contribution in [0.3, 0.4) is 0 Å². The lowest BCUT2D eigenvalue weighted by atomic mass is 9.44. The molecular formula is C95H150F2N13O23+. The van der Waals surface area contributed by atoms with Crippen LogP contribution >= 0.6 is 0 Å². The predicted molar refractivity (Wildman–Crippen MR) is 485 cm³/mol. The Kier molecular flexibility index (Phi) is 40.6. The monoisotopic (exact) mass is 1880 g/mol. The lowest BCUT2D eigenvalue weighted by Gasteiger charge is -2.63. The fourth-order valence-electron chi connectivity index (χ4n) is 20.3. The molecule has 1 aromatic rings. The molecule has 11 rings (SSSR count). The number of hydrogen-bond acceptors (Lipinski definition) is 29. The lowest BCUT2D eigenvalue weighted by molar-refractivity contribution is -0.869. The molecule has 17 atom stereocenters. The molecule has 7 aliphatic carbocycles. The second-order valence-electron chi connectivity index (χ2n) is 38.4. The maximum absolute atomic E-state index is 18.1. The number of hydrogen-bond donors (Lipinski definition) is 11. The molecule has 38 heteroatoms. The van der Waals surface area contributed by atoms with Gasteiger partial charge in [-0.05, 0) is 162 Å². The maximum Gasteiger partial charge on any atom is 0.246 e. The molecule has 1 saturated heterocycles. The van der Waals surface area contributed by atoms with E-state index >= 15 is 8.78 Å². The highest BCUT2D eigenvalue weighted by Crippen LogP contribution is 2.72. The SMILES string of the molecule is CCCC1O[C@@H]2C[C@H]3[C@@H]4C[C@H](F)C5=CC(=O)C=C[C@]5(C)[C@@]4(F)[C@@H](O)C[C@]3(C)[C@]2(C(=O)COc2ccc(NC(=O)[C@H](C)CC(=O)[C@@H](NC(=O)[C@@H](CCCCNC(=O)COC3CCCCCC4=C3NNN4CCOCCOCCOCCOCCC(=O)NCC[N+](C)(C)C)NC(=O)CCOCCOCCOCCOCCNC(=O)CO[C@@H]3[C@@H]4CCC5=C(CC[C@@H]43)NNN5C)C(C)C)cc2)O1. The molecule has 746 valence electrons. The molecular weight excluding hydrogens is 1730 g/mol. The number of aliphatic hydroxyl groups excluding tert-OH is 1. The molecule has 1 aromatic carbocycles. The van der Waals surface area contributed by atoms with Crippen LogP contribution in [0.25, 0.3) is 0 Å². The van der Waals surface area contributed by atoms with Crippen molar-refractivity contribution in [1.29, 1.82) is 0 Å². The minimum atomic E-state index is -2.37. The number of carbonyl (C=O) groups excluding carboxylic acids is 9. The zero-order valence-electron chi connectivity index (χ0n) is 79.8. The van der Waals surface area contributed by atoms with E-state index in [0.717, 1.165) is 79.9 Å². The van der Waals surface area contributed by atoms with Gasteiger partial charge in [0.2, 0.25) is 41.2 Å². The van der Waals surface area contributed by atoms with Gasteiger partial charge in [-0.2, -0.15) is 0 Å². The van der Waals surface area contributed by atoms with Gasteiger partial charge in [-0.3, -0.25) is 53.2 Å². The largest absolute Gasteiger partial charge is 0.486 e. The van der Waals surface area contributed by atoms with Crippen LogP contribution in [0.2, 0.25) is 0 Å². The number of alkyl halides is 2. The van der Waals surface area contributed by atoms with Crippen molar-refractivity contribution in [2.24, 2.45) is 46.3 Å². The third-order valence-corrected chi connectivity index (χ3v) is 27.6. The number of aliphatic hydroxyl groups is 1. The van der Waals surface area contributed by atoms with E-state index < -0.39 is 124 Å². The average Bonchev–Trinajstić information content (AvgIpc) is 1.57. The van der Waals surface area contributed by atoms with Gasteiger partial charge in [0.1, 0.15) is 43.9 Å². The number of hydrazine groups is 4. The van der Waals surface area contributed by atoms with Crippen LogP contribution in [0.1, 0.15) is 170 Å². The summed E-state index contributed by atoms with van der Waals surface area (Å²) in [6.45, 7) is 17.5. The molecule has 36 nitrogen and oxygen atoms in total. The third-order valence-electron chi connectivity index (χ3n) is 27.6. The summed E-state index contributed by atoms with van der Waals surface area (Å²) in [5.74, 6) is -5.31. The van der Waals surface area contributed by atoms with E-state index in [1.807, 2.05) is 24.0 Å². The Morgan fingerprint density at radius 2 is 1.29 bits per heavy atom. The Hall–Kier alpha value is -7.77. The zero-order chi connectivity index (χ0) is 95.3. The average molecular weight is 1880 g/mol. The molecule has 0 aromatic heterocycles. The number of unbranched alkanes of at least 4 members (excludes halogenated alkanes) is 1. The molecule has 5 fully saturated rings. The van der Waals surface area contributed by atoms with Gasteiger partial charge in [0.15, 0.2) is 29.1 Å². The number of ether oxygens (including phenoxy) is 13. The number of rotatable bonds is 59. The van der Waals surface area contributed by atoms with E-state index in [1.165, 1.54) is 30.5 Å². The van der Waals surface area contributed by atoms with E-state index in [9.17, 15) is 48.3 Å². The predicted octanol–water partition coefficient (Wildman–Crippen LogP) is 5.40. The number of allylic oxidation sites excluding steroid dienone is 7. The van der Waals surface area contributed by atoms with E-state index in [0.29, 0.717) is 155 Å². The fraction of sp³-hybridized carbons (Fsp3) is 0.758. The summed E-state index contributed by atoms with van der Waals surface area (Å²) in [7, 11) is 8.24. The van der Waals surface area contributed by atoms with Crippen LogP contribution in [-0.4, -0.2) is 319 Å². The van der Waals surface area contributed by atoms with Crippen LogP contribution < -0.4 is 58.6 Å². The molecule has 0 spiro atoms. The number of amides is 6. The Labute approximate surface area is 781 Å². The third kappa shape index (κ3) is 28.7. The van der Waals surface area contributed by atoms with Crippen molar-refractivity contribution in [3.8, 4) is 5.75 Å². The van der Waals surface area contributed by atoms with Gasteiger partial charge >= 0.3 is 0 Å². The molecule has 10 aliphatic rings. The smallest absolute Gasteiger partial charge is 0.246 e. The number of benzene rings is 1. The topological polar surface area (TPSA) is 421 Å². The molecule has 2 unspecified atom stereocenters. The first kappa shape index (κ1) is 106. The van der Waals surface area contributed by atoms with Crippen molar-refractivity contribution < 1.29 is 123 Å². The van der Waals surface area contributed by atoms with Crippen LogP contribution in [-0.2, 0) is 100.0 Å². The number of halogens is 2. The second-order valence-corrected chi connectivity index (χ2v) is 38.4. The van der Waals surface area contributed by atoms with Crippen LogP contribution in [0.5, 0.6) is 5.75 Å². The van der Waals surface area contributed by atoms with Crippen molar-refractivity contribution in [1.82, 2.24) is 58.5 Å². The fourth-order valence-corrected chi connectivity index (χ4v) is 20.3. The highest BCUT2D eigenvalue weighted by Gasteiger charge is 2.80. The molecule has 133 heavy (non-hydrogen) atoms. The van der Waals surface area contributed by atoms with Gasteiger partial charge in [-0.1, -0.05) is 60.0 Å². The summed E-state index contributed by atoms with van der Waals surface area (Å²) >= 11 is 0. The maximum atomic E-state index is 18.1. The van der Waals surface area contributed by atoms with E-state index in [2.05, 4.69) is 75.0 Å². The van der Waals surface area contributed by atoms with Gasteiger partial charge in [-0.25, -0.2) is 8.78 Å². The highest BCUT2D eigenvalue weighted by molar-refractivity contribution is 6.02. The number of fused-ring (bicyclic) bond motifs is 8. The van der Waals surface area contributed by atoms with Crippen molar-refractivity contribution in [2.45, 2.75) is 230 Å². The van der Waals surface area contributed by atoms with Crippen molar-refractivity contribution in [3.05, 3.63) is 70.9 Å². The first-order chi connectivity index (χ1) is 63.9. The van der Waals surface area contributed by atoms with Gasteiger partial charge in [0, 0.05) is 73.4 Å². The summed E-state index contributed by atoms with van der Waals surface area (Å²) in [5, 5.41) is 33.4. The van der Waals surface area contributed by atoms with Crippen LogP contribution in [0.15, 0.2) is 70.9 Å². The number of carbonyl (C=O) groups is 9. The number of nitrogens with one attached hydrogen (secondary N) is 10. The minimum absolute atomic E-state index is 0.00168. The van der Waals surface area contributed by atoms with Crippen molar-refractivity contribution in [3.63, 3.8) is 0 Å². The lowest BCUT2D eigenvalue weighted by Crippen LogP contribution is -2.71. The van der Waals surface area contributed by atoms with Gasteiger partial charge in [0.25, 0.3) is 0 Å². The molecule has 3 heterocycles. The number of Topliss-reactive ketones (excluding diaryl/α,β-unsaturated/α-hetero) is 2. The summed E-state index contributed by atoms with van der Waals surface area (Å²) in [6.07, 6.45) is 8.59. The van der Waals surface area contributed by atoms with Gasteiger partial charge in [-0.15, -0.1) is 11.1 Å². The highest BCUT2D eigenvalue weighted by atomic mass is 19.1. The standard InChI is InChI=1S/C95H149F2N13O23/c1-11-17-86-132-81-57-69-70-56-72(96)71-55-65(111)29-32-92(71,5)94(70,97)79(113)58-93(69,6)95(81,133-86)80(114)59-129-66-23-21-64(22-24-66)101-90(119)63(4)54-77(112)87(62(2)3)103-91(120)74(102-83(116)31-39-122-43-47-126-50-52-127-48-44-123-40-35-100-85(118)61-131-89-67-25-27-73-75(28-26-68(67)89)108(7)106-104-73)18-15-16-33-98-84(117)60-130-78-20-14-12-13-19-76-88(78)105-107-109(76)36-41-124-45-49-128-53-51-125-46-42-121-38-30-82(115)99-34-37-110(8,9)10/h21-24,29,32,55,62-63,67-70,72,74,78-79,81,86-87,89,104-107,113H,11-20,25-28,30-31,33-54,56-61H2,1-10H3,(H5-,98,99,100,101,102,103,115,116,117,118,119,120)/p+1/t63-,67+,68-,69+,70+,72+,74-,78?,79+,81-,86?,87+,89+,92+,93+,94+,95-/m1/s1.